The Hall–Kier alpha value is -2.11. The highest BCUT2D eigenvalue weighted by Crippen LogP contribution is 2.26. The van der Waals surface area contributed by atoms with Gasteiger partial charge in [0.15, 0.2) is 0 Å². The van der Waals surface area contributed by atoms with Crippen molar-refractivity contribution in [2.45, 2.75) is 39.3 Å². The van der Waals surface area contributed by atoms with E-state index in [-0.39, 0.29) is 11.9 Å². The number of rotatable bonds is 6. The molecule has 1 aromatic carbocycles. The molecule has 0 saturated carbocycles. The molecule has 0 N–H and O–H groups in total. The van der Waals surface area contributed by atoms with Crippen LogP contribution in [-0.2, 0) is 11.3 Å². The van der Waals surface area contributed by atoms with E-state index in [1.54, 1.807) is 6.08 Å². The topological polar surface area (TPSA) is 41.4 Å². The minimum absolute atomic E-state index is 0.0127. The van der Waals surface area contributed by atoms with Gasteiger partial charge in [-0.25, -0.2) is 0 Å². The van der Waals surface area contributed by atoms with Crippen molar-refractivity contribution in [2.24, 2.45) is 0 Å². The van der Waals surface area contributed by atoms with Gasteiger partial charge in [-0.1, -0.05) is 55.3 Å². The van der Waals surface area contributed by atoms with Gasteiger partial charge in [-0.05, 0) is 32.0 Å². The highest BCUT2D eigenvalue weighted by atomic mass is 35.5. The van der Waals surface area contributed by atoms with Crippen LogP contribution in [-0.4, -0.2) is 52.2 Å². The number of hydrogen-bond acceptors (Lipinski definition) is 3. The van der Waals surface area contributed by atoms with Crippen LogP contribution >= 0.6 is 11.6 Å². The summed E-state index contributed by atoms with van der Waals surface area (Å²) in [5, 5.41) is 5.12. The standard InChI is InChI=1S/C22H29ClN4O/c1-4-5-13-27-22(23)19(17(2)24-27)11-12-21(28)26-15-14-25(3)16-20(26)18-9-7-6-8-10-18/h6-12,20H,4-5,13-16H2,1-3H3/b12-11+. The van der Waals surface area contributed by atoms with Gasteiger partial charge >= 0.3 is 0 Å². The molecule has 28 heavy (non-hydrogen) atoms. The van der Waals surface area contributed by atoms with Crippen LogP contribution in [0.4, 0.5) is 0 Å². The zero-order valence-corrected chi connectivity index (χ0v) is 17.7. The third-order valence-corrected chi connectivity index (χ3v) is 5.68. The fraction of sp³-hybridized carbons (Fsp3) is 0.455. The highest BCUT2D eigenvalue weighted by molar-refractivity contribution is 6.31. The summed E-state index contributed by atoms with van der Waals surface area (Å²) in [4.78, 5) is 17.2. The first-order chi connectivity index (χ1) is 13.5. The molecule has 1 aliphatic rings. The Balaban J connectivity index is 1.78. The lowest BCUT2D eigenvalue weighted by atomic mass is 10.0. The summed E-state index contributed by atoms with van der Waals surface area (Å²) < 4.78 is 1.83. The summed E-state index contributed by atoms with van der Waals surface area (Å²) in [6.07, 6.45) is 5.57. The Bertz CT molecular complexity index is 831. The molecule has 0 radical (unpaired) electrons. The van der Waals surface area contributed by atoms with Gasteiger partial charge in [-0.15, -0.1) is 0 Å². The first kappa shape index (κ1) is 20.6. The Labute approximate surface area is 172 Å². The van der Waals surface area contributed by atoms with Crippen molar-refractivity contribution in [1.29, 1.82) is 0 Å². The van der Waals surface area contributed by atoms with Crippen LogP contribution in [0.25, 0.3) is 6.08 Å². The molecule has 1 aliphatic heterocycles. The van der Waals surface area contributed by atoms with Gasteiger partial charge in [-0.3, -0.25) is 9.48 Å². The number of unbranched alkanes of at least 4 members (excludes halogenated alkanes) is 1. The van der Waals surface area contributed by atoms with Gasteiger partial charge in [0.2, 0.25) is 5.91 Å². The third kappa shape index (κ3) is 4.65. The van der Waals surface area contributed by atoms with E-state index >= 15 is 0 Å². The molecule has 150 valence electrons. The number of amides is 1. The molecule has 0 aliphatic carbocycles. The molecule has 1 saturated heterocycles. The summed E-state index contributed by atoms with van der Waals surface area (Å²) in [7, 11) is 2.10. The van der Waals surface area contributed by atoms with E-state index in [4.69, 9.17) is 11.6 Å². The normalized spacial score (nSPS) is 18.1. The van der Waals surface area contributed by atoms with Gasteiger partial charge in [0.1, 0.15) is 5.15 Å². The molecule has 2 aromatic rings. The minimum atomic E-state index is 0.0127. The molecular formula is C22H29ClN4O. The second-order valence-electron chi connectivity index (χ2n) is 7.42. The number of piperazine rings is 1. The number of aryl methyl sites for hydroxylation is 2. The largest absolute Gasteiger partial charge is 0.330 e. The van der Waals surface area contributed by atoms with Crippen molar-refractivity contribution in [3.05, 3.63) is 58.4 Å². The average Bonchev–Trinajstić information content (AvgIpc) is 2.98. The average molecular weight is 401 g/mol. The van der Waals surface area contributed by atoms with Crippen LogP contribution in [0, 0.1) is 6.92 Å². The van der Waals surface area contributed by atoms with Crippen molar-refractivity contribution in [3.8, 4) is 0 Å². The van der Waals surface area contributed by atoms with Crippen molar-refractivity contribution >= 4 is 23.6 Å². The van der Waals surface area contributed by atoms with Crippen molar-refractivity contribution in [2.75, 3.05) is 26.7 Å². The molecule has 1 aromatic heterocycles. The second-order valence-corrected chi connectivity index (χ2v) is 7.78. The van der Waals surface area contributed by atoms with Crippen LogP contribution in [0.15, 0.2) is 36.4 Å². The zero-order chi connectivity index (χ0) is 20.1. The Kier molecular flexibility index (Phi) is 6.92. The van der Waals surface area contributed by atoms with Crippen LogP contribution < -0.4 is 0 Å². The van der Waals surface area contributed by atoms with Gasteiger partial charge in [-0.2, -0.15) is 5.10 Å². The maximum absolute atomic E-state index is 13.0. The molecule has 1 fully saturated rings. The summed E-state index contributed by atoms with van der Waals surface area (Å²) in [5.74, 6) is 0.0127. The number of aromatic nitrogens is 2. The summed E-state index contributed by atoms with van der Waals surface area (Å²) in [5.41, 5.74) is 2.84. The summed E-state index contributed by atoms with van der Waals surface area (Å²) in [6, 6.07) is 10.3. The summed E-state index contributed by atoms with van der Waals surface area (Å²) >= 11 is 6.50. The monoisotopic (exact) mass is 400 g/mol. The maximum Gasteiger partial charge on any atom is 0.247 e. The number of carbonyl (C=O) groups excluding carboxylic acids is 1. The summed E-state index contributed by atoms with van der Waals surface area (Å²) in [6.45, 7) is 7.29. The van der Waals surface area contributed by atoms with Gasteiger partial charge in [0, 0.05) is 37.8 Å². The molecule has 0 spiro atoms. The van der Waals surface area contributed by atoms with Crippen molar-refractivity contribution in [1.82, 2.24) is 19.6 Å². The van der Waals surface area contributed by atoms with E-state index < -0.39 is 0 Å². The van der Waals surface area contributed by atoms with Gasteiger partial charge < -0.3 is 9.80 Å². The zero-order valence-electron chi connectivity index (χ0n) is 16.9. The third-order valence-electron chi connectivity index (χ3n) is 5.28. The number of benzene rings is 1. The van der Waals surface area contributed by atoms with Crippen LogP contribution in [0.1, 0.15) is 42.6 Å². The van der Waals surface area contributed by atoms with Crippen LogP contribution in [0.3, 0.4) is 0 Å². The molecular weight excluding hydrogens is 372 g/mol. The van der Waals surface area contributed by atoms with Crippen LogP contribution in [0.5, 0.6) is 0 Å². The lowest BCUT2D eigenvalue weighted by Crippen LogP contribution is -2.48. The molecule has 5 nitrogen and oxygen atoms in total. The lowest BCUT2D eigenvalue weighted by molar-refractivity contribution is -0.130. The molecule has 1 unspecified atom stereocenters. The smallest absolute Gasteiger partial charge is 0.247 e. The second kappa shape index (κ2) is 9.39. The fourth-order valence-electron chi connectivity index (χ4n) is 3.61. The predicted molar refractivity (Wildman–Crippen MR) is 114 cm³/mol. The first-order valence-corrected chi connectivity index (χ1v) is 10.3. The Morgan fingerprint density at radius 1 is 1.29 bits per heavy atom. The molecule has 1 atom stereocenters. The highest BCUT2D eigenvalue weighted by Gasteiger charge is 2.29. The number of hydrogen-bond donors (Lipinski definition) is 0. The first-order valence-electron chi connectivity index (χ1n) is 9.96. The Morgan fingerprint density at radius 2 is 2.04 bits per heavy atom. The van der Waals surface area contributed by atoms with Crippen LogP contribution in [0.2, 0.25) is 5.15 Å². The number of likely N-dealkylation sites (N-methyl/N-ethyl adjacent to an activating group) is 1. The molecule has 0 bridgehead atoms. The van der Waals surface area contributed by atoms with Crippen molar-refractivity contribution < 1.29 is 4.79 Å². The van der Waals surface area contributed by atoms with E-state index in [0.29, 0.717) is 11.7 Å². The molecule has 3 rings (SSSR count). The van der Waals surface area contributed by atoms with E-state index in [1.807, 2.05) is 40.8 Å². The van der Waals surface area contributed by atoms with E-state index in [2.05, 4.69) is 36.1 Å². The number of carbonyl (C=O) groups is 1. The predicted octanol–water partition coefficient (Wildman–Crippen LogP) is 4.17. The lowest BCUT2D eigenvalue weighted by Gasteiger charge is -2.39. The number of nitrogens with zero attached hydrogens (tertiary/aromatic N) is 4. The molecule has 6 heteroatoms. The minimum Gasteiger partial charge on any atom is -0.330 e. The van der Waals surface area contributed by atoms with Gasteiger partial charge in [0.05, 0.1) is 11.7 Å². The fourth-order valence-corrected chi connectivity index (χ4v) is 3.93. The van der Waals surface area contributed by atoms with E-state index in [9.17, 15) is 4.79 Å². The maximum atomic E-state index is 13.0. The van der Waals surface area contributed by atoms with Crippen molar-refractivity contribution in [3.63, 3.8) is 0 Å². The van der Waals surface area contributed by atoms with E-state index in [1.165, 1.54) is 0 Å². The van der Waals surface area contributed by atoms with Gasteiger partial charge in [0.25, 0.3) is 0 Å². The molecule has 1 amide bonds. The Morgan fingerprint density at radius 3 is 2.75 bits per heavy atom. The van der Waals surface area contributed by atoms with E-state index in [0.717, 1.165) is 49.3 Å². The molecule has 2 heterocycles. The number of halogens is 1. The SMILES string of the molecule is CCCCn1nc(C)c(/C=C/C(=O)N2CCN(C)CC2c2ccccc2)c1Cl. The quantitative estimate of drug-likeness (QED) is 0.683.